The van der Waals surface area contributed by atoms with Crippen LogP contribution in [0.25, 0.3) is 6.08 Å². The molecule has 0 bridgehead atoms. The number of amides is 2. The van der Waals surface area contributed by atoms with Gasteiger partial charge in [-0.3, -0.25) is 20.4 Å². The lowest BCUT2D eigenvalue weighted by Crippen LogP contribution is -2.40. The fourth-order valence-electron chi connectivity index (χ4n) is 1.28. The molecular weight excluding hydrogens is 362 g/mol. The number of thiazole rings is 1. The Balaban J connectivity index is 1.83. The summed E-state index contributed by atoms with van der Waals surface area (Å²) in [5.74, 6) is -0.772. The number of nitrogens with one attached hydrogen (secondary N) is 2. The Bertz CT molecular complexity index is 663. The number of hydrazine groups is 1. The molecule has 2 N–H and O–H groups in total. The normalized spacial score (nSPS) is 10.7. The van der Waals surface area contributed by atoms with Gasteiger partial charge in [0, 0.05) is 11.5 Å². The van der Waals surface area contributed by atoms with E-state index in [1.807, 2.05) is 12.3 Å². The summed E-state index contributed by atoms with van der Waals surface area (Å²) in [5, 5.41) is 2.78. The van der Waals surface area contributed by atoms with Crippen molar-refractivity contribution in [2.45, 2.75) is 6.92 Å². The van der Waals surface area contributed by atoms with Gasteiger partial charge in [0.05, 0.1) is 19.4 Å². The van der Waals surface area contributed by atoms with Gasteiger partial charge in [-0.1, -0.05) is 0 Å². The van der Waals surface area contributed by atoms with Crippen LogP contribution in [-0.4, -0.2) is 16.8 Å². The maximum absolute atomic E-state index is 11.7. The van der Waals surface area contributed by atoms with Gasteiger partial charge in [0.2, 0.25) is 0 Å². The number of halogens is 1. The van der Waals surface area contributed by atoms with Crippen molar-refractivity contribution < 1.29 is 9.59 Å². The highest BCUT2D eigenvalue weighted by molar-refractivity contribution is 9.11. The number of carbonyl (C=O) groups is 2. The molecule has 2 heterocycles. The van der Waals surface area contributed by atoms with Crippen LogP contribution in [0.5, 0.6) is 0 Å². The highest BCUT2D eigenvalue weighted by atomic mass is 79.9. The van der Waals surface area contributed by atoms with E-state index in [0.717, 1.165) is 14.5 Å². The molecule has 8 heteroatoms. The molecule has 0 saturated carbocycles. The predicted molar refractivity (Wildman–Crippen MR) is 83.5 cm³/mol. The maximum atomic E-state index is 11.7. The van der Waals surface area contributed by atoms with Gasteiger partial charge in [-0.2, -0.15) is 0 Å². The number of thiophene rings is 1. The summed E-state index contributed by atoms with van der Waals surface area (Å²) in [4.78, 5) is 27.9. The molecule has 2 rings (SSSR count). The molecule has 20 heavy (non-hydrogen) atoms. The van der Waals surface area contributed by atoms with Gasteiger partial charge in [-0.15, -0.1) is 22.7 Å². The quantitative estimate of drug-likeness (QED) is 0.643. The van der Waals surface area contributed by atoms with Crippen LogP contribution in [0, 0.1) is 6.92 Å². The summed E-state index contributed by atoms with van der Waals surface area (Å²) in [6.07, 6.45) is 2.91. The van der Waals surface area contributed by atoms with Crippen LogP contribution in [0.4, 0.5) is 0 Å². The van der Waals surface area contributed by atoms with E-state index in [9.17, 15) is 9.59 Å². The first-order valence-electron chi connectivity index (χ1n) is 5.50. The molecule has 0 aliphatic carbocycles. The van der Waals surface area contributed by atoms with Crippen LogP contribution >= 0.6 is 38.6 Å². The van der Waals surface area contributed by atoms with Crippen molar-refractivity contribution in [3.05, 3.63) is 43.0 Å². The smallest absolute Gasteiger partial charge is 0.268 e. The summed E-state index contributed by atoms with van der Waals surface area (Å²) < 4.78 is 0.854. The third-order valence-electron chi connectivity index (χ3n) is 2.14. The van der Waals surface area contributed by atoms with Crippen LogP contribution in [0.15, 0.2) is 27.4 Å². The molecule has 0 fully saturated rings. The molecule has 0 radical (unpaired) electrons. The SMILES string of the molecule is Cc1nc(/C=C/C(=O)NNC(=O)c2ccc(Br)s2)cs1. The first kappa shape index (κ1) is 14.9. The van der Waals surface area contributed by atoms with Crippen molar-refractivity contribution >= 4 is 56.5 Å². The molecule has 0 aliphatic rings. The topological polar surface area (TPSA) is 71.1 Å². The number of aryl methyl sites for hydroxylation is 1. The second kappa shape index (κ2) is 6.78. The summed E-state index contributed by atoms with van der Waals surface area (Å²) in [6, 6.07) is 3.44. The van der Waals surface area contributed by atoms with Crippen LogP contribution in [0.2, 0.25) is 0 Å². The first-order chi connectivity index (χ1) is 9.54. The highest BCUT2D eigenvalue weighted by Gasteiger charge is 2.08. The van der Waals surface area contributed by atoms with E-state index in [1.165, 1.54) is 28.7 Å². The van der Waals surface area contributed by atoms with Gasteiger partial charge in [0.1, 0.15) is 0 Å². The Morgan fingerprint density at radius 2 is 2.15 bits per heavy atom. The minimum atomic E-state index is -0.417. The van der Waals surface area contributed by atoms with Crippen molar-refractivity contribution in [2.75, 3.05) is 0 Å². The second-order valence-corrected chi connectivity index (χ2v) is 7.20. The molecule has 2 amide bonds. The van der Waals surface area contributed by atoms with E-state index in [1.54, 1.807) is 18.2 Å². The zero-order valence-electron chi connectivity index (χ0n) is 10.3. The van der Waals surface area contributed by atoms with E-state index in [2.05, 4.69) is 31.8 Å². The Labute approximate surface area is 131 Å². The number of nitrogens with zero attached hydrogens (tertiary/aromatic N) is 1. The standard InChI is InChI=1S/C12H10BrN3O2S2/c1-7-14-8(6-19-7)2-5-11(17)15-16-12(18)9-3-4-10(13)20-9/h2-6H,1H3,(H,15,17)(H,16,18)/b5-2+. The average molecular weight is 372 g/mol. The van der Waals surface area contributed by atoms with Crippen molar-refractivity contribution in [1.82, 2.24) is 15.8 Å². The van der Waals surface area contributed by atoms with Gasteiger partial charge in [0.15, 0.2) is 0 Å². The van der Waals surface area contributed by atoms with Gasteiger partial charge in [0.25, 0.3) is 11.8 Å². The first-order valence-corrected chi connectivity index (χ1v) is 7.99. The lowest BCUT2D eigenvalue weighted by molar-refractivity contribution is -0.117. The Hall–Kier alpha value is -1.51. The monoisotopic (exact) mass is 371 g/mol. The molecular formula is C12H10BrN3O2S2. The third kappa shape index (κ3) is 4.26. The van der Waals surface area contributed by atoms with E-state index in [0.29, 0.717) is 4.88 Å². The molecule has 0 unspecified atom stereocenters. The zero-order chi connectivity index (χ0) is 14.5. The number of aromatic nitrogens is 1. The lowest BCUT2D eigenvalue weighted by atomic mass is 10.4. The molecule has 2 aromatic rings. The van der Waals surface area contributed by atoms with E-state index < -0.39 is 5.91 Å². The van der Waals surface area contributed by atoms with Gasteiger partial charge >= 0.3 is 0 Å². The molecule has 0 aromatic carbocycles. The minimum Gasteiger partial charge on any atom is -0.268 e. The van der Waals surface area contributed by atoms with Crippen LogP contribution in [-0.2, 0) is 4.79 Å². The summed E-state index contributed by atoms with van der Waals surface area (Å²) in [6.45, 7) is 1.89. The molecule has 0 saturated heterocycles. The Morgan fingerprint density at radius 3 is 2.75 bits per heavy atom. The Kier molecular flexibility index (Phi) is 5.05. The number of rotatable bonds is 3. The largest absolute Gasteiger partial charge is 0.279 e. The van der Waals surface area contributed by atoms with Crippen molar-refractivity contribution in [2.24, 2.45) is 0 Å². The van der Waals surface area contributed by atoms with Crippen molar-refractivity contribution in [1.29, 1.82) is 0 Å². The fraction of sp³-hybridized carbons (Fsp3) is 0.0833. The second-order valence-electron chi connectivity index (χ2n) is 3.67. The van der Waals surface area contributed by atoms with E-state index in [-0.39, 0.29) is 5.91 Å². The number of hydrogen-bond acceptors (Lipinski definition) is 5. The molecule has 0 aliphatic heterocycles. The lowest BCUT2D eigenvalue weighted by Gasteiger charge is -2.02. The predicted octanol–water partition coefficient (Wildman–Crippen LogP) is 2.75. The summed E-state index contributed by atoms with van der Waals surface area (Å²) in [5.41, 5.74) is 5.36. The van der Waals surface area contributed by atoms with Crippen molar-refractivity contribution in [3.8, 4) is 0 Å². The maximum Gasteiger partial charge on any atom is 0.279 e. The molecule has 0 spiro atoms. The van der Waals surface area contributed by atoms with Crippen molar-refractivity contribution in [3.63, 3.8) is 0 Å². The number of hydrogen-bond donors (Lipinski definition) is 2. The molecule has 0 atom stereocenters. The van der Waals surface area contributed by atoms with Gasteiger partial charge in [-0.05, 0) is 41.1 Å². The van der Waals surface area contributed by atoms with Gasteiger partial charge < -0.3 is 0 Å². The Morgan fingerprint density at radius 1 is 1.35 bits per heavy atom. The molecule has 2 aromatic heterocycles. The molecule has 104 valence electrons. The third-order valence-corrected chi connectivity index (χ3v) is 4.55. The van der Waals surface area contributed by atoms with Crippen LogP contribution < -0.4 is 10.9 Å². The van der Waals surface area contributed by atoms with E-state index in [4.69, 9.17) is 0 Å². The van der Waals surface area contributed by atoms with Crippen LogP contribution in [0.3, 0.4) is 0 Å². The van der Waals surface area contributed by atoms with Gasteiger partial charge in [-0.25, -0.2) is 4.98 Å². The average Bonchev–Trinajstić information content (AvgIpc) is 3.02. The number of carbonyl (C=O) groups excluding carboxylic acids is 2. The van der Waals surface area contributed by atoms with E-state index >= 15 is 0 Å². The van der Waals surface area contributed by atoms with Crippen LogP contribution in [0.1, 0.15) is 20.4 Å². The fourth-order valence-corrected chi connectivity index (χ4v) is 3.14. The zero-order valence-corrected chi connectivity index (χ0v) is 13.6. The molecule has 5 nitrogen and oxygen atoms in total. The summed E-state index contributed by atoms with van der Waals surface area (Å²) >= 11 is 6.06. The summed E-state index contributed by atoms with van der Waals surface area (Å²) in [7, 11) is 0. The highest BCUT2D eigenvalue weighted by Crippen LogP contribution is 2.21. The minimum absolute atomic E-state index is 0.355.